The second-order valence-electron chi connectivity index (χ2n) is 6.48. The fourth-order valence-electron chi connectivity index (χ4n) is 2.66. The summed E-state index contributed by atoms with van der Waals surface area (Å²) >= 11 is 0. The van der Waals surface area contributed by atoms with Crippen molar-refractivity contribution in [3.63, 3.8) is 0 Å². The van der Waals surface area contributed by atoms with E-state index in [9.17, 15) is 14.8 Å². The summed E-state index contributed by atoms with van der Waals surface area (Å²) in [6.07, 6.45) is -0.457. The van der Waals surface area contributed by atoms with Crippen molar-refractivity contribution in [1.29, 1.82) is 0 Å². The van der Waals surface area contributed by atoms with E-state index in [2.05, 4.69) is 0 Å². The maximum absolute atomic E-state index is 12.6. The summed E-state index contributed by atoms with van der Waals surface area (Å²) in [6.45, 7) is 5.46. The van der Waals surface area contributed by atoms with E-state index in [1.54, 1.807) is 18.2 Å². The zero-order valence-corrected chi connectivity index (χ0v) is 13.3. The summed E-state index contributed by atoms with van der Waals surface area (Å²) in [6, 6.07) is 12.4. The molecular weight excluding hydrogens is 293 g/mol. The van der Waals surface area contributed by atoms with Gasteiger partial charge >= 0.3 is 13.2 Å². The van der Waals surface area contributed by atoms with Gasteiger partial charge in [0, 0.05) is 10.8 Å². The Bertz CT molecular complexity index is 893. The van der Waals surface area contributed by atoms with Gasteiger partial charge in [0.05, 0.1) is 11.0 Å². The van der Waals surface area contributed by atoms with Crippen LogP contribution in [0.4, 0.5) is 4.79 Å². The number of aromatic nitrogens is 1. The maximum atomic E-state index is 12.6. The van der Waals surface area contributed by atoms with Gasteiger partial charge < -0.3 is 14.8 Å². The lowest BCUT2D eigenvalue weighted by Gasteiger charge is -2.20. The molecule has 1 heterocycles. The minimum absolute atomic E-state index is 0.379. The zero-order valence-electron chi connectivity index (χ0n) is 13.3. The molecule has 1 aromatic heterocycles. The van der Waals surface area contributed by atoms with Crippen molar-refractivity contribution < 1.29 is 19.6 Å². The second-order valence-corrected chi connectivity index (χ2v) is 6.48. The Hall–Kier alpha value is -2.31. The highest BCUT2D eigenvalue weighted by molar-refractivity contribution is 6.59. The Morgan fingerprint density at radius 1 is 1.04 bits per heavy atom. The van der Waals surface area contributed by atoms with E-state index in [0.29, 0.717) is 11.0 Å². The fourth-order valence-corrected chi connectivity index (χ4v) is 2.66. The van der Waals surface area contributed by atoms with Gasteiger partial charge in [-0.15, -0.1) is 0 Å². The van der Waals surface area contributed by atoms with Crippen LogP contribution in [0.3, 0.4) is 0 Å². The SMILES string of the molecule is CC(C)(C)OC(=O)n1c2ccccc2c2cc(B(O)O)ccc21. The molecule has 118 valence electrons. The number of para-hydroxylation sites is 1. The number of carbonyl (C=O) groups excluding carboxylic acids is 1. The van der Waals surface area contributed by atoms with Gasteiger partial charge in [-0.05, 0) is 38.4 Å². The first-order chi connectivity index (χ1) is 10.8. The molecule has 0 bridgehead atoms. The second kappa shape index (κ2) is 5.40. The van der Waals surface area contributed by atoms with Crippen molar-refractivity contribution in [1.82, 2.24) is 4.57 Å². The molecule has 0 aliphatic carbocycles. The molecule has 3 aromatic rings. The fraction of sp³-hybridized carbons (Fsp3) is 0.235. The molecule has 0 amide bonds. The van der Waals surface area contributed by atoms with Gasteiger partial charge in [-0.25, -0.2) is 9.36 Å². The van der Waals surface area contributed by atoms with E-state index in [-0.39, 0.29) is 0 Å². The van der Waals surface area contributed by atoms with Gasteiger partial charge in [-0.1, -0.05) is 30.3 Å². The Morgan fingerprint density at radius 3 is 2.35 bits per heavy atom. The van der Waals surface area contributed by atoms with Gasteiger partial charge in [-0.3, -0.25) is 0 Å². The van der Waals surface area contributed by atoms with Crippen LogP contribution in [0.2, 0.25) is 0 Å². The Morgan fingerprint density at radius 2 is 1.70 bits per heavy atom. The number of hydrogen-bond donors (Lipinski definition) is 2. The monoisotopic (exact) mass is 311 g/mol. The van der Waals surface area contributed by atoms with Gasteiger partial charge in [0.25, 0.3) is 0 Å². The van der Waals surface area contributed by atoms with Crippen molar-refractivity contribution in [2.45, 2.75) is 26.4 Å². The molecule has 2 N–H and O–H groups in total. The predicted octanol–water partition coefficient (Wildman–Crippen LogP) is 2.26. The molecule has 5 nitrogen and oxygen atoms in total. The highest BCUT2D eigenvalue weighted by atomic mass is 16.6. The van der Waals surface area contributed by atoms with E-state index in [4.69, 9.17) is 4.74 Å². The first kappa shape index (κ1) is 15.6. The summed E-state index contributed by atoms with van der Waals surface area (Å²) in [7, 11) is -1.55. The molecule has 0 aliphatic heterocycles. The Kier molecular flexibility index (Phi) is 3.66. The van der Waals surface area contributed by atoms with Crippen LogP contribution in [0, 0.1) is 0 Å². The molecule has 6 heteroatoms. The molecule has 2 aromatic carbocycles. The number of nitrogens with zero attached hydrogens (tertiary/aromatic N) is 1. The van der Waals surface area contributed by atoms with Crippen molar-refractivity contribution in [3.05, 3.63) is 42.5 Å². The van der Waals surface area contributed by atoms with Gasteiger partial charge in [0.1, 0.15) is 5.60 Å². The lowest BCUT2D eigenvalue weighted by Crippen LogP contribution is -2.29. The van der Waals surface area contributed by atoms with Crippen LogP contribution in [0.15, 0.2) is 42.5 Å². The molecule has 0 saturated carbocycles. The van der Waals surface area contributed by atoms with E-state index >= 15 is 0 Å². The number of rotatable bonds is 1. The third kappa shape index (κ3) is 2.83. The van der Waals surface area contributed by atoms with Crippen molar-refractivity contribution in [2.75, 3.05) is 0 Å². The maximum Gasteiger partial charge on any atom is 0.488 e. The van der Waals surface area contributed by atoms with Gasteiger partial charge in [0.15, 0.2) is 0 Å². The topological polar surface area (TPSA) is 71.7 Å². The van der Waals surface area contributed by atoms with Gasteiger partial charge in [-0.2, -0.15) is 0 Å². The third-order valence-electron chi connectivity index (χ3n) is 3.57. The molecule has 0 aliphatic rings. The average molecular weight is 311 g/mol. The average Bonchev–Trinajstić information content (AvgIpc) is 2.79. The van der Waals surface area contributed by atoms with Crippen molar-refractivity contribution >= 4 is 40.5 Å². The number of fused-ring (bicyclic) bond motifs is 3. The first-order valence-corrected chi connectivity index (χ1v) is 7.40. The molecule has 0 fully saturated rings. The summed E-state index contributed by atoms with van der Waals surface area (Å²) < 4.78 is 7.02. The third-order valence-corrected chi connectivity index (χ3v) is 3.57. The van der Waals surface area contributed by atoms with Gasteiger partial charge in [0.2, 0.25) is 0 Å². The normalized spacial score (nSPS) is 11.9. The molecule has 3 rings (SSSR count). The predicted molar refractivity (Wildman–Crippen MR) is 90.9 cm³/mol. The standard InChI is InChI=1S/C17H18BNO4/c1-17(2,3)23-16(20)19-14-7-5-4-6-12(14)13-10-11(18(21)22)8-9-15(13)19/h4-10,21-22H,1-3H3. The minimum atomic E-state index is -1.55. The lowest BCUT2D eigenvalue weighted by atomic mass is 9.80. The van der Waals surface area contributed by atoms with Crippen molar-refractivity contribution in [2.24, 2.45) is 0 Å². The Balaban J connectivity index is 2.29. The number of ether oxygens (including phenoxy) is 1. The number of hydrogen-bond acceptors (Lipinski definition) is 4. The summed E-state index contributed by atoms with van der Waals surface area (Å²) in [4.78, 5) is 12.6. The Labute approximate surface area is 134 Å². The highest BCUT2D eigenvalue weighted by Gasteiger charge is 2.23. The molecule has 0 atom stereocenters. The van der Waals surface area contributed by atoms with E-state index in [0.717, 1.165) is 16.3 Å². The van der Waals surface area contributed by atoms with Crippen LogP contribution in [0.1, 0.15) is 20.8 Å². The highest BCUT2D eigenvalue weighted by Crippen LogP contribution is 2.29. The summed E-state index contributed by atoms with van der Waals surface area (Å²) in [5.41, 5.74) is 1.17. The van der Waals surface area contributed by atoms with Crippen LogP contribution >= 0.6 is 0 Å². The zero-order chi connectivity index (χ0) is 16.8. The van der Waals surface area contributed by atoms with Crippen LogP contribution in [-0.2, 0) is 4.74 Å². The first-order valence-electron chi connectivity index (χ1n) is 7.40. The summed E-state index contributed by atoms with van der Waals surface area (Å²) in [5.74, 6) is 0. The molecule has 0 unspecified atom stereocenters. The molecule has 0 saturated heterocycles. The van der Waals surface area contributed by atoms with E-state index in [1.807, 2.05) is 45.0 Å². The number of benzene rings is 2. The molecule has 23 heavy (non-hydrogen) atoms. The van der Waals surface area contributed by atoms with Crippen LogP contribution in [-0.4, -0.2) is 33.4 Å². The van der Waals surface area contributed by atoms with Crippen molar-refractivity contribution in [3.8, 4) is 0 Å². The smallest absolute Gasteiger partial charge is 0.443 e. The van der Waals surface area contributed by atoms with E-state index in [1.165, 1.54) is 4.57 Å². The largest absolute Gasteiger partial charge is 0.488 e. The minimum Gasteiger partial charge on any atom is -0.443 e. The van der Waals surface area contributed by atoms with Crippen LogP contribution in [0.25, 0.3) is 21.8 Å². The lowest BCUT2D eigenvalue weighted by molar-refractivity contribution is 0.0551. The molecular formula is C17H18BNO4. The van der Waals surface area contributed by atoms with Crippen LogP contribution in [0.5, 0.6) is 0 Å². The number of carbonyl (C=O) groups is 1. The quantitative estimate of drug-likeness (QED) is 0.676. The molecule has 0 radical (unpaired) electrons. The van der Waals surface area contributed by atoms with E-state index < -0.39 is 18.8 Å². The molecule has 0 spiro atoms. The summed E-state index contributed by atoms with van der Waals surface area (Å²) in [5, 5.41) is 20.4. The van der Waals surface area contributed by atoms with Crippen LogP contribution < -0.4 is 5.46 Å².